The van der Waals surface area contributed by atoms with Gasteiger partial charge in [-0.05, 0) is 17.7 Å². The third-order valence-corrected chi connectivity index (χ3v) is 4.05. The zero-order valence-corrected chi connectivity index (χ0v) is 16.2. The molecule has 0 amide bonds. The van der Waals surface area contributed by atoms with Crippen molar-refractivity contribution in [1.82, 2.24) is 9.71 Å². The number of carbonyl (C=O) groups excluding carboxylic acids is 2. The van der Waals surface area contributed by atoms with Gasteiger partial charge in [0.15, 0.2) is 11.4 Å². The Morgan fingerprint density at radius 3 is 2.35 bits per heavy atom. The normalized spacial score (nSPS) is 10.4. The van der Waals surface area contributed by atoms with Crippen LogP contribution < -0.4 is 16.1 Å². The van der Waals surface area contributed by atoms with Crippen molar-refractivity contribution in [1.29, 1.82) is 0 Å². The van der Waals surface area contributed by atoms with Gasteiger partial charge in [-0.2, -0.15) is 0 Å². The highest BCUT2D eigenvalue weighted by Crippen LogP contribution is 2.21. The Kier molecular flexibility index (Phi) is 6.05. The van der Waals surface area contributed by atoms with Crippen molar-refractivity contribution in [3.05, 3.63) is 86.2 Å². The van der Waals surface area contributed by atoms with E-state index in [9.17, 15) is 24.5 Å². The van der Waals surface area contributed by atoms with Gasteiger partial charge in [-0.25, -0.2) is 14.6 Å². The Labute approximate surface area is 174 Å². The second-order valence-corrected chi connectivity index (χ2v) is 6.24. The molecule has 2 aromatic carbocycles. The van der Waals surface area contributed by atoms with E-state index in [-0.39, 0.29) is 23.7 Å². The molecule has 1 heterocycles. The van der Waals surface area contributed by atoms with Crippen LogP contribution in [0.15, 0.2) is 59.4 Å². The van der Waals surface area contributed by atoms with E-state index in [0.29, 0.717) is 10.3 Å². The van der Waals surface area contributed by atoms with Gasteiger partial charge in [0, 0.05) is 24.6 Å². The van der Waals surface area contributed by atoms with Gasteiger partial charge in [0.2, 0.25) is 0 Å². The predicted molar refractivity (Wildman–Crippen MR) is 108 cm³/mol. The number of nitro benzene ring substituents is 1. The first kappa shape index (κ1) is 21.2. The van der Waals surface area contributed by atoms with Crippen molar-refractivity contribution >= 4 is 23.4 Å². The molecule has 3 rings (SSSR count). The highest BCUT2D eigenvalue weighted by atomic mass is 16.7. The molecule has 0 aliphatic rings. The first-order chi connectivity index (χ1) is 14.8. The fourth-order valence-electron chi connectivity index (χ4n) is 2.64. The standard InChI is InChI=1S/C20H16N4O7/c1-12(25)31-23-18(14-7-9-15(10-8-14)24(28)29)22-17(21)16(19(23)26)20(27)30-11-13-5-3-2-4-6-13/h2-10H,11,21H2,1H3. The van der Waals surface area contributed by atoms with E-state index in [0.717, 1.165) is 6.92 Å². The third kappa shape index (κ3) is 4.72. The van der Waals surface area contributed by atoms with Gasteiger partial charge in [0.1, 0.15) is 12.4 Å². The number of esters is 1. The molecular weight excluding hydrogens is 408 g/mol. The lowest BCUT2D eigenvalue weighted by Crippen LogP contribution is -2.36. The van der Waals surface area contributed by atoms with Crippen molar-refractivity contribution in [3.8, 4) is 11.4 Å². The van der Waals surface area contributed by atoms with Crippen LogP contribution in [-0.2, 0) is 16.1 Å². The van der Waals surface area contributed by atoms with Crippen molar-refractivity contribution in [3.63, 3.8) is 0 Å². The minimum absolute atomic E-state index is 0.115. The van der Waals surface area contributed by atoms with Crippen molar-refractivity contribution in [2.75, 3.05) is 5.73 Å². The van der Waals surface area contributed by atoms with Gasteiger partial charge in [0.05, 0.1) is 4.92 Å². The van der Waals surface area contributed by atoms with Crippen LogP contribution in [0.5, 0.6) is 0 Å². The Hall–Kier alpha value is -4.54. The van der Waals surface area contributed by atoms with Crippen LogP contribution in [0.1, 0.15) is 22.8 Å². The van der Waals surface area contributed by atoms with Crippen molar-refractivity contribution < 1.29 is 24.1 Å². The van der Waals surface area contributed by atoms with Crippen LogP contribution in [0.25, 0.3) is 11.4 Å². The van der Waals surface area contributed by atoms with Gasteiger partial charge in [-0.15, -0.1) is 4.73 Å². The van der Waals surface area contributed by atoms with Crippen LogP contribution in [0.2, 0.25) is 0 Å². The third-order valence-electron chi connectivity index (χ3n) is 4.05. The number of anilines is 1. The number of nitrogens with two attached hydrogens (primary N) is 1. The predicted octanol–water partition coefficient (Wildman–Crippen LogP) is 1.73. The van der Waals surface area contributed by atoms with E-state index in [1.165, 1.54) is 24.3 Å². The minimum atomic E-state index is -1.06. The van der Waals surface area contributed by atoms with E-state index in [4.69, 9.17) is 15.3 Å². The summed E-state index contributed by atoms with van der Waals surface area (Å²) in [6.07, 6.45) is 0. The smallest absolute Gasteiger partial charge is 0.348 e. The molecule has 0 atom stereocenters. The Bertz CT molecular complexity index is 1200. The molecule has 31 heavy (non-hydrogen) atoms. The number of nitro groups is 1. The van der Waals surface area contributed by atoms with Crippen LogP contribution in [0.4, 0.5) is 11.5 Å². The number of benzene rings is 2. The molecule has 158 valence electrons. The maximum atomic E-state index is 12.9. The summed E-state index contributed by atoms with van der Waals surface area (Å²) >= 11 is 0. The summed E-state index contributed by atoms with van der Waals surface area (Å²) in [5.41, 5.74) is 4.85. The molecule has 3 aromatic rings. The maximum Gasteiger partial charge on any atom is 0.348 e. The molecule has 0 radical (unpaired) electrons. The highest BCUT2D eigenvalue weighted by molar-refractivity contribution is 5.94. The number of hydrogen-bond donors (Lipinski definition) is 1. The Morgan fingerprint density at radius 2 is 1.77 bits per heavy atom. The number of hydrogen-bond acceptors (Lipinski definition) is 9. The molecule has 11 nitrogen and oxygen atoms in total. The number of non-ortho nitro benzene ring substituents is 1. The molecule has 0 unspecified atom stereocenters. The first-order valence-electron chi connectivity index (χ1n) is 8.85. The molecule has 1 aromatic heterocycles. The number of nitrogens with zero attached hydrogens (tertiary/aromatic N) is 3. The highest BCUT2D eigenvalue weighted by Gasteiger charge is 2.25. The largest absolute Gasteiger partial charge is 0.457 e. The van der Waals surface area contributed by atoms with E-state index < -0.39 is 33.8 Å². The summed E-state index contributed by atoms with van der Waals surface area (Å²) in [6, 6.07) is 13.7. The summed E-state index contributed by atoms with van der Waals surface area (Å²) in [5.74, 6) is -2.57. The molecule has 0 aliphatic heterocycles. The summed E-state index contributed by atoms with van der Waals surface area (Å²) in [7, 11) is 0. The lowest BCUT2D eigenvalue weighted by Gasteiger charge is -2.14. The molecular formula is C20H16N4O7. The van der Waals surface area contributed by atoms with E-state index in [1.54, 1.807) is 30.3 Å². The molecule has 0 aliphatic carbocycles. The molecule has 0 saturated carbocycles. The minimum Gasteiger partial charge on any atom is -0.457 e. The van der Waals surface area contributed by atoms with Crippen LogP contribution >= 0.6 is 0 Å². The number of ether oxygens (including phenoxy) is 1. The van der Waals surface area contributed by atoms with Gasteiger partial charge >= 0.3 is 17.5 Å². The fraction of sp³-hybridized carbons (Fsp3) is 0.100. The zero-order chi connectivity index (χ0) is 22.5. The lowest BCUT2D eigenvalue weighted by molar-refractivity contribution is -0.384. The molecule has 2 N–H and O–H groups in total. The SMILES string of the molecule is CC(=O)On1c(-c2ccc([N+](=O)[O-])cc2)nc(N)c(C(=O)OCc2ccccc2)c1=O. The van der Waals surface area contributed by atoms with E-state index in [2.05, 4.69) is 4.98 Å². The fourth-order valence-corrected chi connectivity index (χ4v) is 2.64. The van der Waals surface area contributed by atoms with Crippen molar-refractivity contribution in [2.24, 2.45) is 0 Å². The molecule has 0 spiro atoms. The number of aromatic nitrogens is 2. The van der Waals surface area contributed by atoms with Gasteiger partial charge in [-0.3, -0.25) is 14.9 Å². The quantitative estimate of drug-likeness (QED) is 0.353. The van der Waals surface area contributed by atoms with Crippen molar-refractivity contribution in [2.45, 2.75) is 13.5 Å². The monoisotopic (exact) mass is 424 g/mol. The summed E-state index contributed by atoms with van der Waals surface area (Å²) < 4.78 is 5.63. The average Bonchev–Trinajstić information content (AvgIpc) is 2.74. The average molecular weight is 424 g/mol. The second-order valence-electron chi connectivity index (χ2n) is 6.24. The van der Waals surface area contributed by atoms with Crippen LogP contribution in [0.3, 0.4) is 0 Å². The van der Waals surface area contributed by atoms with Gasteiger partial charge in [-0.1, -0.05) is 30.3 Å². The van der Waals surface area contributed by atoms with Gasteiger partial charge in [0.25, 0.3) is 5.69 Å². The number of carbonyl (C=O) groups is 2. The topological polar surface area (TPSA) is 157 Å². The Balaban J connectivity index is 2.02. The molecule has 11 heteroatoms. The molecule has 0 bridgehead atoms. The Morgan fingerprint density at radius 1 is 1.13 bits per heavy atom. The molecule has 0 fully saturated rings. The summed E-state index contributed by atoms with van der Waals surface area (Å²) in [6.45, 7) is 0.937. The van der Waals surface area contributed by atoms with E-state index in [1.807, 2.05) is 0 Å². The van der Waals surface area contributed by atoms with E-state index >= 15 is 0 Å². The number of rotatable bonds is 6. The summed E-state index contributed by atoms with van der Waals surface area (Å²) in [5, 5.41) is 10.8. The first-order valence-corrected chi connectivity index (χ1v) is 8.85. The lowest BCUT2D eigenvalue weighted by atomic mass is 10.2. The summed E-state index contributed by atoms with van der Waals surface area (Å²) in [4.78, 5) is 56.1. The van der Waals surface area contributed by atoms with Gasteiger partial charge < -0.3 is 15.3 Å². The maximum absolute atomic E-state index is 12.9. The van der Waals surface area contributed by atoms with Crippen LogP contribution in [0, 0.1) is 10.1 Å². The second kappa shape index (κ2) is 8.86. The van der Waals surface area contributed by atoms with Crippen LogP contribution in [-0.4, -0.2) is 26.6 Å². The number of nitrogen functional groups attached to an aromatic ring is 1. The zero-order valence-electron chi connectivity index (χ0n) is 16.2. The molecule has 0 saturated heterocycles.